The van der Waals surface area contributed by atoms with Crippen molar-refractivity contribution in [2.45, 2.75) is 13.8 Å². The van der Waals surface area contributed by atoms with Gasteiger partial charge < -0.3 is 10.6 Å². The highest BCUT2D eigenvalue weighted by molar-refractivity contribution is 5.99. The van der Waals surface area contributed by atoms with Gasteiger partial charge in [-0.1, -0.05) is 18.2 Å². The number of hydrogen-bond donors (Lipinski definition) is 2. The first-order valence-corrected chi connectivity index (χ1v) is 5.00. The lowest BCUT2D eigenvalue weighted by Crippen LogP contribution is -2.14. The Morgan fingerprint density at radius 2 is 2.00 bits per heavy atom. The van der Waals surface area contributed by atoms with Gasteiger partial charge in [0.1, 0.15) is 0 Å². The van der Waals surface area contributed by atoms with Crippen molar-refractivity contribution < 1.29 is 4.79 Å². The number of benzene rings is 1. The van der Waals surface area contributed by atoms with Crippen LogP contribution in [-0.2, 0) is 4.79 Å². The van der Waals surface area contributed by atoms with Crippen LogP contribution in [0.3, 0.4) is 0 Å². The second-order valence-corrected chi connectivity index (χ2v) is 3.21. The lowest BCUT2D eigenvalue weighted by atomic mass is 10.3. The summed E-state index contributed by atoms with van der Waals surface area (Å²) >= 11 is 0. The van der Waals surface area contributed by atoms with Crippen LogP contribution >= 0.6 is 0 Å². The number of carbonyl (C=O) groups excluding carboxylic acids is 1. The summed E-state index contributed by atoms with van der Waals surface area (Å²) in [6.45, 7) is 4.68. The highest BCUT2D eigenvalue weighted by Gasteiger charge is 1.97. The van der Waals surface area contributed by atoms with E-state index in [-0.39, 0.29) is 5.91 Å². The zero-order valence-electron chi connectivity index (χ0n) is 9.08. The Kier molecular flexibility index (Phi) is 4.41. The van der Waals surface area contributed by atoms with E-state index in [1.807, 2.05) is 44.2 Å². The molecule has 0 heterocycles. The van der Waals surface area contributed by atoms with Crippen LogP contribution in [0.25, 0.3) is 0 Å². The number of hydrogen-bond acceptors (Lipinski definition) is 2. The molecule has 0 bridgehead atoms. The molecule has 1 aromatic carbocycles. The van der Waals surface area contributed by atoms with Crippen LogP contribution in [-0.4, -0.2) is 12.5 Å². The molecule has 0 radical (unpaired) electrons. The Morgan fingerprint density at radius 3 is 2.60 bits per heavy atom. The van der Waals surface area contributed by atoms with E-state index in [1.54, 1.807) is 6.08 Å². The minimum atomic E-state index is -0.111. The molecule has 3 heteroatoms. The minimum absolute atomic E-state index is 0.111. The van der Waals surface area contributed by atoms with Gasteiger partial charge in [0.25, 0.3) is 0 Å². The molecule has 1 amide bonds. The highest BCUT2D eigenvalue weighted by atomic mass is 16.1. The Morgan fingerprint density at radius 1 is 1.33 bits per heavy atom. The van der Waals surface area contributed by atoms with Gasteiger partial charge in [-0.05, 0) is 26.0 Å². The summed E-state index contributed by atoms with van der Waals surface area (Å²) in [5.74, 6) is -0.111. The maximum absolute atomic E-state index is 11.5. The summed E-state index contributed by atoms with van der Waals surface area (Å²) in [4.78, 5) is 11.5. The summed E-state index contributed by atoms with van der Waals surface area (Å²) in [6.07, 6.45) is 1.55. The molecule has 3 nitrogen and oxygen atoms in total. The van der Waals surface area contributed by atoms with E-state index >= 15 is 0 Å². The molecule has 2 N–H and O–H groups in total. The topological polar surface area (TPSA) is 41.1 Å². The van der Waals surface area contributed by atoms with Crippen LogP contribution in [0.4, 0.5) is 5.69 Å². The van der Waals surface area contributed by atoms with Crippen LogP contribution in [0.5, 0.6) is 0 Å². The third-order valence-corrected chi connectivity index (χ3v) is 1.84. The van der Waals surface area contributed by atoms with Crippen LogP contribution in [0, 0.1) is 0 Å². The Labute approximate surface area is 90.2 Å². The normalized spacial score (nSPS) is 10.9. The van der Waals surface area contributed by atoms with E-state index in [0.717, 1.165) is 17.9 Å². The van der Waals surface area contributed by atoms with Crippen molar-refractivity contribution in [2.75, 3.05) is 11.9 Å². The number of para-hydroxylation sites is 1. The average Bonchev–Trinajstić information content (AvgIpc) is 2.19. The molecule has 15 heavy (non-hydrogen) atoms. The van der Waals surface area contributed by atoms with Gasteiger partial charge >= 0.3 is 0 Å². The lowest BCUT2D eigenvalue weighted by Gasteiger charge is -2.04. The molecule has 0 aliphatic heterocycles. The second-order valence-electron chi connectivity index (χ2n) is 3.21. The zero-order chi connectivity index (χ0) is 11.1. The number of rotatable bonds is 4. The van der Waals surface area contributed by atoms with Crippen molar-refractivity contribution in [3.63, 3.8) is 0 Å². The quantitative estimate of drug-likeness (QED) is 0.738. The molecular formula is C12H16N2O. The molecule has 0 aliphatic rings. The third kappa shape index (κ3) is 4.31. The summed E-state index contributed by atoms with van der Waals surface area (Å²) in [5, 5.41) is 5.84. The van der Waals surface area contributed by atoms with Crippen molar-refractivity contribution in [3.05, 3.63) is 42.1 Å². The average molecular weight is 204 g/mol. The SMILES string of the molecule is CCN/C(C)=C\C(=O)Nc1ccccc1. The molecule has 0 saturated carbocycles. The van der Waals surface area contributed by atoms with Gasteiger partial charge in [-0.2, -0.15) is 0 Å². The second kappa shape index (κ2) is 5.86. The first kappa shape index (κ1) is 11.3. The van der Waals surface area contributed by atoms with E-state index in [2.05, 4.69) is 10.6 Å². The van der Waals surface area contributed by atoms with Gasteiger partial charge in [0.2, 0.25) is 5.91 Å². The molecule has 1 aromatic rings. The number of amides is 1. The first-order chi connectivity index (χ1) is 7.22. The fraction of sp³-hybridized carbons (Fsp3) is 0.250. The Hall–Kier alpha value is -1.77. The van der Waals surface area contributed by atoms with E-state index in [1.165, 1.54) is 0 Å². The molecule has 0 fully saturated rings. The van der Waals surface area contributed by atoms with Gasteiger partial charge in [-0.3, -0.25) is 4.79 Å². The third-order valence-electron chi connectivity index (χ3n) is 1.84. The predicted octanol–water partition coefficient (Wildman–Crippen LogP) is 2.14. The molecule has 0 atom stereocenters. The van der Waals surface area contributed by atoms with Crippen LogP contribution < -0.4 is 10.6 Å². The standard InChI is InChI=1S/C12H16N2O/c1-3-13-10(2)9-12(15)14-11-7-5-4-6-8-11/h4-9,13H,3H2,1-2H3,(H,14,15)/b10-9-. The maximum Gasteiger partial charge on any atom is 0.250 e. The first-order valence-electron chi connectivity index (χ1n) is 5.00. The monoisotopic (exact) mass is 204 g/mol. The fourth-order valence-corrected chi connectivity index (χ4v) is 1.23. The van der Waals surface area contributed by atoms with Crippen molar-refractivity contribution in [1.82, 2.24) is 5.32 Å². The maximum atomic E-state index is 11.5. The van der Waals surface area contributed by atoms with E-state index in [0.29, 0.717) is 0 Å². The molecule has 80 valence electrons. The van der Waals surface area contributed by atoms with Gasteiger partial charge in [-0.15, -0.1) is 0 Å². The molecule has 1 rings (SSSR count). The van der Waals surface area contributed by atoms with Crippen LogP contribution in [0.1, 0.15) is 13.8 Å². The molecular weight excluding hydrogens is 188 g/mol. The molecule has 0 aromatic heterocycles. The van der Waals surface area contributed by atoms with Crippen molar-refractivity contribution in [1.29, 1.82) is 0 Å². The Bertz CT molecular complexity index is 344. The number of carbonyl (C=O) groups is 1. The van der Waals surface area contributed by atoms with E-state index in [9.17, 15) is 4.79 Å². The summed E-state index contributed by atoms with van der Waals surface area (Å²) in [5.41, 5.74) is 1.67. The zero-order valence-corrected chi connectivity index (χ0v) is 9.08. The minimum Gasteiger partial charge on any atom is -0.389 e. The van der Waals surface area contributed by atoms with Crippen molar-refractivity contribution in [3.8, 4) is 0 Å². The molecule has 0 unspecified atom stereocenters. The lowest BCUT2D eigenvalue weighted by molar-refractivity contribution is -0.112. The molecule has 0 spiro atoms. The number of anilines is 1. The van der Waals surface area contributed by atoms with Crippen LogP contribution in [0.2, 0.25) is 0 Å². The number of nitrogens with one attached hydrogen (secondary N) is 2. The number of allylic oxidation sites excluding steroid dienone is 1. The van der Waals surface area contributed by atoms with Crippen molar-refractivity contribution in [2.24, 2.45) is 0 Å². The summed E-state index contributed by atoms with van der Waals surface area (Å²) < 4.78 is 0. The molecule has 0 saturated heterocycles. The largest absolute Gasteiger partial charge is 0.389 e. The summed E-state index contributed by atoms with van der Waals surface area (Å²) in [6, 6.07) is 9.39. The summed E-state index contributed by atoms with van der Waals surface area (Å²) in [7, 11) is 0. The van der Waals surface area contributed by atoms with Gasteiger partial charge in [0, 0.05) is 24.0 Å². The predicted molar refractivity (Wildman–Crippen MR) is 62.5 cm³/mol. The highest BCUT2D eigenvalue weighted by Crippen LogP contribution is 2.04. The van der Waals surface area contributed by atoms with E-state index < -0.39 is 0 Å². The van der Waals surface area contributed by atoms with Gasteiger partial charge in [0.05, 0.1) is 0 Å². The van der Waals surface area contributed by atoms with Gasteiger partial charge in [-0.25, -0.2) is 0 Å². The molecule has 0 aliphatic carbocycles. The van der Waals surface area contributed by atoms with Crippen LogP contribution in [0.15, 0.2) is 42.1 Å². The Balaban J connectivity index is 2.53. The van der Waals surface area contributed by atoms with Crippen molar-refractivity contribution >= 4 is 11.6 Å². The van der Waals surface area contributed by atoms with Gasteiger partial charge in [0.15, 0.2) is 0 Å². The smallest absolute Gasteiger partial charge is 0.250 e. The fourth-order valence-electron chi connectivity index (χ4n) is 1.23. The van der Waals surface area contributed by atoms with E-state index in [4.69, 9.17) is 0 Å².